The summed E-state index contributed by atoms with van der Waals surface area (Å²) < 4.78 is 18.6. The van der Waals surface area contributed by atoms with Crippen LogP contribution in [0, 0.1) is 5.82 Å². The van der Waals surface area contributed by atoms with Gasteiger partial charge in [-0.05, 0) is 19.1 Å². The molecule has 0 atom stereocenters. The zero-order chi connectivity index (χ0) is 12.7. The van der Waals surface area contributed by atoms with E-state index in [1.165, 1.54) is 6.07 Å². The van der Waals surface area contributed by atoms with E-state index in [1.807, 2.05) is 13.0 Å². The molecule has 0 aliphatic heterocycles. The van der Waals surface area contributed by atoms with E-state index in [0.717, 1.165) is 18.8 Å². The van der Waals surface area contributed by atoms with E-state index in [1.54, 1.807) is 6.07 Å². The zero-order valence-electron chi connectivity index (χ0n) is 10.7. The monoisotopic (exact) mass is 240 g/mol. The van der Waals surface area contributed by atoms with E-state index < -0.39 is 0 Å². The highest BCUT2D eigenvalue weighted by molar-refractivity contribution is 5.47. The second-order valence-corrected chi connectivity index (χ2v) is 4.11. The Kier molecular flexibility index (Phi) is 5.77. The Morgan fingerprint density at radius 2 is 2.06 bits per heavy atom. The molecule has 0 aliphatic carbocycles. The maximum atomic E-state index is 13.5. The van der Waals surface area contributed by atoms with Crippen molar-refractivity contribution in [3.63, 3.8) is 0 Å². The Labute approximate surface area is 102 Å². The van der Waals surface area contributed by atoms with Crippen molar-refractivity contribution in [1.29, 1.82) is 0 Å². The van der Waals surface area contributed by atoms with Gasteiger partial charge in [-0.15, -0.1) is 0 Å². The predicted octanol–water partition coefficient (Wildman–Crippen LogP) is 2.63. The number of halogens is 1. The summed E-state index contributed by atoms with van der Waals surface area (Å²) in [4.78, 5) is 0. The van der Waals surface area contributed by atoms with Gasteiger partial charge in [0.25, 0.3) is 0 Å². The van der Waals surface area contributed by atoms with Crippen LogP contribution in [0.25, 0.3) is 0 Å². The van der Waals surface area contributed by atoms with Crippen molar-refractivity contribution < 1.29 is 9.13 Å². The third kappa shape index (κ3) is 5.04. The third-order valence-corrected chi connectivity index (χ3v) is 2.24. The molecule has 0 saturated carbocycles. The molecule has 1 aromatic carbocycles. The molecule has 96 valence electrons. The van der Waals surface area contributed by atoms with Crippen molar-refractivity contribution in [2.75, 3.05) is 25.0 Å². The standard InChI is InChI=1S/C13H21FN2O/c1-4-17-13-6-5-11(9-12(13)14)16-8-7-15-10(2)3/h5-6,9-10,15-16H,4,7-8H2,1-3H3. The van der Waals surface area contributed by atoms with Gasteiger partial charge >= 0.3 is 0 Å². The summed E-state index contributed by atoms with van der Waals surface area (Å²) in [7, 11) is 0. The van der Waals surface area contributed by atoms with Crippen LogP contribution in [-0.4, -0.2) is 25.7 Å². The van der Waals surface area contributed by atoms with E-state index in [2.05, 4.69) is 24.5 Å². The van der Waals surface area contributed by atoms with Gasteiger partial charge in [0.2, 0.25) is 0 Å². The number of hydrogen-bond acceptors (Lipinski definition) is 3. The molecular formula is C13H21FN2O. The van der Waals surface area contributed by atoms with Crippen molar-refractivity contribution in [2.45, 2.75) is 26.8 Å². The SMILES string of the molecule is CCOc1ccc(NCCNC(C)C)cc1F. The molecule has 1 rings (SSSR count). The lowest BCUT2D eigenvalue weighted by Gasteiger charge is -2.11. The first kappa shape index (κ1) is 13.8. The van der Waals surface area contributed by atoms with E-state index in [0.29, 0.717) is 18.4 Å². The summed E-state index contributed by atoms with van der Waals surface area (Å²) in [5.41, 5.74) is 0.775. The minimum Gasteiger partial charge on any atom is -0.491 e. The third-order valence-electron chi connectivity index (χ3n) is 2.24. The fourth-order valence-electron chi connectivity index (χ4n) is 1.45. The Morgan fingerprint density at radius 1 is 1.29 bits per heavy atom. The number of anilines is 1. The fourth-order valence-corrected chi connectivity index (χ4v) is 1.45. The molecule has 3 nitrogen and oxygen atoms in total. The molecule has 1 aromatic rings. The summed E-state index contributed by atoms with van der Waals surface area (Å²) in [6.45, 7) is 8.12. The molecule has 0 amide bonds. The summed E-state index contributed by atoms with van der Waals surface area (Å²) in [5, 5.41) is 6.43. The van der Waals surface area contributed by atoms with Gasteiger partial charge in [0.15, 0.2) is 11.6 Å². The minimum atomic E-state index is -0.325. The van der Waals surface area contributed by atoms with Crippen LogP contribution >= 0.6 is 0 Å². The zero-order valence-corrected chi connectivity index (χ0v) is 10.7. The Hall–Kier alpha value is -1.29. The minimum absolute atomic E-state index is 0.304. The van der Waals surface area contributed by atoms with Crippen LogP contribution in [0.4, 0.5) is 10.1 Å². The molecule has 0 heterocycles. The molecule has 0 aliphatic rings. The molecule has 0 aromatic heterocycles. The highest BCUT2D eigenvalue weighted by atomic mass is 19.1. The number of rotatable bonds is 7. The molecule has 4 heteroatoms. The first-order valence-electron chi connectivity index (χ1n) is 6.03. The molecular weight excluding hydrogens is 219 g/mol. The second kappa shape index (κ2) is 7.12. The van der Waals surface area contributed by atoms with Crippen LogP contribution in [-0.2, 0) is 0 Å². The largest absolute Gasteiger partial charge is 0.491 e. The van der Waals surface area contributed by atoms with Crippen molar-refractivity contribution >= 4 is 5.69 Å². The van der Waals surface area contributed by atoms with Crippen molar-refractivity contribution in [1.82, 2.24) is 5.32 Å². The highest BCUT2D eigenvalue weighted by Crippen LogP contribution is 2.20. The van der Waals surface area contributed by atoms with Gasteiger partial charge in [0, 0.05) is 30.9 Å². The van der Waals surface area contributed by atoms with E-state index in [9.17, 15) is 4.39 Å². The molecule has 0 spiro atoms. The molecule has 0 radical (unpaired) electrons. The average Bonchev–Trinajstić information content (AvgIpc) is 2.28. The van der Waals surface area contributed by atoms with E-state index in [-0.39, 0.29) is 5.82 Å². The fraction of sp³-hybridized carbons (Fsp3) is 0.538. The summed E-state index contributed by atoms with van der Waals surface area (Å²) in [6, 6.07) is 5.40. The number of ether oxygens (including phenoxy) is 1. The van der Waals surface area contributed by atoms with Gasteiger partial charge in [-0.2, -0.15) is 0 Å². The summed E-state index contributed by atoms with van der Waals surface area (Å²) in [6.07, 6.45) is 0. The topological polar surface area (TPSA) is 33.3 Å². The van der Waals surface area contributed by atoms with Gasteiger partial charge in [-0.25, -0.2) is 4.39 Å². The Bertz CT molecular complexity index is 342. The van der Waals surface area contributed by atoms with E-state index >= 15 is 0 Å². The van der Waals surface area contributed by atoms with Crippen LogP contribution < -0.4 is 15.4 Å². The number of nitrogens with one attached hydrogen (secondary N) is 2. The van der Waals surface area contributed by atoms with Crippen molar-refractivity contribution in [2.24, 2.45) is 0 Å². The lowest BCUT2D eigenvalue weighted by Crippen LogP contribution is -2.28. The van der Waals surface area contributed by atoms with Crippen LogP contribution in [0.5, 0.6) is 5.75 Å². The number of hydrogen-bond donors (Lipinski definition) is 2. The van der Waals surface area contributed by atoms with Crippen molar-refractivity contribution in [3.05, 3.63) is 24.0 Å². The summed E-state index contributed by atoms with van der Waals surface area (Å²) in [5.74, 6) is -0.0213. The molecule has 2 N–H and O–H groups in total. The second-order valence-electron chi connectivity index (χ2n) is 4.11. The molecule has 17 heavy (non-hydrogen) atoms. The van der Waals surface area contributed by atoms with Gasteiger partial charge < -0.3 is 15.4 Å². The van der Waals surface area contributed by atoms with Gasteiger partial charge in [-0.1, -0.05) is 13.8 Å². The lowest BCUT2D eigenvalue weighted by molar-refractivity contribution is 0.321. The molecule has 0 unspecified atom stereocenters. The first-order chi connectivity index (χ1) is 8.13. The lowest BCUT2D eigenvalue weighted by atomic mass is 10.3. The van der Waals surface area contributed by atoms with Gasteiger partial charge in [0.1, 0.15) is 0 Å². The quantitative estimate of drug-likeness (QED) is 0.719. The predicted molar refractivity (Wildman–Crippen MR) is 69.2 cm³/mol. The molecule has 0 saturated heterocycles. The summed E-state index contributed by atoms with van der Waals surface area (Å²) >= 11 is 0. The average molecular weight is 240 g/mol. The highest BCUT2D eigenvalue weighted by Gasteiger charge is 2.03. The van der Waals surface area contributed by atoms with Crippen LogP contribution in [0.15, 0.2) is 18.2 Å². The maximum absolute atomic E-state index is 13.5. The smallest absolute Gasteiger partial charge is 0.167 e. The van der Waals surface area contributed by atoms with Crippen LogP contribution in [0.2, 0.25) is 0 Å². The maximum Gasteiger partial charge on any atom is 0.167 e. The van der Waals surface area contributed by atoms with Gasteiger partial charge in [-0.3, -0.25) is 0 Å². The van der Waals surface area contributed by atoms with Crippen molar-refractivity contribution in [3.8, 4) is 5.75 Å². The Morgan fingerprint density at radius 3 is 2.65 bits per heavy atom. The number of benzene rings is 1. The van der Waals surface area contributed by atoms with E-state index in [4.69, 9.17) is 4.74 Å². The normalized spacial score (nSPS) is 10.6. The molecule has 0 bridgehead atoms. The first-order valence-corrected chi connectivity index (χ1v) is 6.03. The Balaban J connectivity index is 2.41. The van der Waals surface area contributed by atoms with Gasteiger partial charge in [0.05, 0.1) is 6.61 Å². The molecule has 0 fully saturated rings. The van der Waals surface area contributed by atoms with Crippen LogP contribution in [0.1, 0.15) is 20.8 Å². The van der Waals surface area contributed by atoms with Crippen LogP contribution in [0.3, 0.4) is 0 Å².